The summed E-state index contributed by atoms with van der Waals surface area (Å²) in [5.41, 5.74) is 6.38. The highest BCUT2D eigenvalue weighted by atomic mass is 16.5. The maximum absolute atomic E-state index is 12.5. The normalized spacial score (nSPS) is 13.9. The molecule has 3 amide bonds. The summed E-state index contributed by atoms with van der Waals surface area (Å²) in [6.45, 7) is 1.33. The lowest BCUT2D eigenvalue weighted by atomic mass is 10.1. The zero-order valence-corrected chi connectivity index (χ0v) is 15.3. The monoisotopic (exact) mass is 382 g/mol. The SMILES string of the molecule is COc1ccc(CN2C(=O)c3ccccc3C2=O)cc1C(=O)O[C@H](C)C(N)=O. The fraction of sp³-hybridized carbons (Fsp3) is 0.200. The smallest absolute Gasteiger partial charge is 0.342 e. The Morgan fingerprint density at radius 2 is 1.68 bits per heavy atom. The summed E-state index contributed by atoms with van der Waals surface area (Å²) in [6, 6.07) is 11.2. The molecule has 2 aromatic rings. The van der Waals surface area contributed by atoms with Gasteiger partial charge in [0.05, 0.1) is 24.8 Å². The minimum absolute atomic E-state index is 0.0258. The molecule has 1 aliphatic rings. The predicted octanol–water partition coefficient (Wildman–Crippen LogP) is 1.52. The van der Waals surface area contributed by atoms with Crippen molar-refractivity contribution in [2.24, 2.45) is 5.73 Å². The first-order valence-corrected chi connectivity index (χ1v) is 8.46. The number of hydrogen-bond donors (Lipinski definition) is 1. The molecule has 8 nitrogen and oxygen atoms in total. The molecule has 0 bridgehead atoms. The molecule has 0 saturated heterocycles. The minimum atomic E-state index is -1.11. The zero-order chi connectivity index (χ0) is 20.4. The van der Waals surface area contributed by atoms with Gasteiger partial charge in [0.1, 0.15) is 11.3 Å². The van der Waals surface area contributed by atoms with Gasteiger partial charge in [-0.3, -0.25) is 19.3 Å². The van der Waals surface area contributed by atoms with Crippen LogP contribution in [0.15, 0.2) is 42.5 Å². The van der Waals surface area contributed by atoms with Gasteiger partial charge in [0.15, 0.2) is 6.10 Å². The summed E-state index contributed by atoms with van der Waals surface area (Å²) in [7, 11) is 1.38. The lowest BCUT2D eigenvalue weighted by molar-refractivity contribution is -0.125. The molecule has 1 aliphatic heterocycles. The van der Waals surface area contributed by atoms with E-state index in [1.165, 1.54) is 26.2 Å². The van der Waals surface area contributed by atoms with E-state index in [1.807, 2.05) is 0 Å². The Labute approximate surface area is 160 Å². The molecule has 0 fully saturated rings. The Hall–Kier alpha value is -3.68. The molecular formula is C20H18N2O6. The van der Waals surface area contributed by atoms with E-state index in [9.17, 15) is 19.2 Å². The molecule has 8 heteroatoms. The van der Waals surface area contributed by atoms with Crippen LogP contribution in [0.5, 0.6) is 5.75 Å². The number of primary amides is 1. The van der Waals surface area contributed by atoms with Gasteiger partial charge < -0.3 is 15.2 Å². The van der Waals surface area contributed by atoms with Crippen LogP contribution in [-0.2, 0) is 16.1 Å². The number of imide groups is 1. The van der Waals surface area contributed by atoms with Crippen LogP contribution in [0.1, 0.15) is 43.6 Å². The number of methoxy groups -OCH3 is 1. The van der Waals surface area contributed by atoms with E-state index in [-0.39, 0.29) is 17.9 Å². The van der Waals surface area contributed by atoms with Crippen LogP contribution < -0.4 is 10.5 Å². The Kier molecular flexibility index (Phi) is 5.12. The quantitative estimate of drug-likeness (QED) is 0.598. The predicted molar refractivity (Wildman–Crippen MR) is 97.7 cm³/mol. The molecule has 0 radical (unpaired) electrons. The third-order valence-electron chi connectivity index (χ3n) is 4.39. The minimum Gasteiger partial charge on any atom is -0.496 e. The largest absolute Gasteiger partial charge is 0.496 e. The molecule has 144 valence electrons. The standard InChI is InChI=1S/C20H18N2O6/c1-11(17(21)23)28-20(26)15-9-12(7-8-16(15)27-2)10-22-18(24)13-5-3-4-6-14(13)19(22)25/h3-9,11H,10H2,1-2H3,(H2,21,23)/t11-/m1/s1. The van der Waals surface area contributed by atoms with E-state index in [0.717, 1.165) is 4.90 Å². The third-order valence-corrected chi connectivity index (χ3v) is 4.39. The molecule has 0 spiro atoms. The van der Waals surface area contributed by atoms with Crippen LogP contribution in [0, 0.1) is 0 Å². The Bertz CT molecular complexity index is 949. The van der Waals surface area contributed by atoms with Crippen molar-refractivity contribution in [1.82, 2.24) is 4.90 Å². The van der Waals surface area contributed by atoms with Crippen molar-refractivity contribution in [3.8, 4) is 5.75 Å². The number of carbonyl (C=O) groups is 4. The highest BCUT2D eigenvalue weighted by Crippen LogP contribution is 2.27. The molecule has 2 N–H and O–H groups in total. The van der Waals surface area contributed by atoms with Gasteiger partial charge in [-0.25, -0.2) is 4.79 Å². The van der Waals surface area contributed by atoms with E-state index in [2.05, 4.69) is 0 Å². The molecule has 0 aliphatic carbocycles. The van der Waals surface area contributed by atoms with Crippen LogP contribution in [0.3, 0.4) is 0 Å². The van der Waals surface area contributed by atoms with E-state index < -0.39 is 29.8 Å². The maximum atomic E-state index is 12.5. The summed E-state index contributed by atoms with van der Waals surface area (Å²) in [4.78, 5) is 49.6. The van der Waals surface area contributed by atoms with Crippen LogP contribution in [-0.4, -0.2) is 41.8 Å². The number of esters is 1. The van der Waals surface area contributed by atoms with Gasteiger partial charge in [-0.2, -0.15) is 0 Å². The van der Waals surface area contributed by atoms with Gasteiger partial charge >= 0.3 is 5.97 Å². The molecule has 0 saturated carbocycles. The summed E-state index contributed by atoms with van der Waals surface area (Å²) in [6.07, 6.45) is -1.11. The van der Waals surface area contributed by atoms with Crippen LogP contribution in [0.2, 0.25) is 0 Å². The van der Waals surface area contributed by atoms with Crippen LogP contribution in [0.25, 0.3) is 0 Å². The van der Waals surface area contributed by atoms with E-state index in [4.69, 9.17) is 15.2 Å². The molecule has 1 heterocycles. The van der Waals surface area contributed by atoms with Gasteiger partial charge in [-0.15, -0.1) is 0 Å². The maximum Gasteiger partial charge on any atom is 0.342 e. The molecule has 2 aromatic carbocycles. The lowest BCUT2D eigenvalue weighted by Gasteiger charge is -2.16. The Morgan fingerprint density at radius 1 is 1.07 bits per heavy atom. The van der Waals surface area contributed by atoms with Crippen molar-refractivity contribution < 1.29 is 28.7 Å². The first-order chi connectivity index (χ1) is 13.3. The highest BCUT2D eigenvalue weighted by molar-refractivity contribution is 6.21. The van der Waals surface area contributed by atoms with Gasteiger partial charge in [-0.05, 0) is 36.8 Å². The van der Waals surface area contributed by atoms with E-state index >= 15 is 0 Å². The van der Waals surface area contributed by atoms with Crippen molar-refractivity contribution in [3.63, 3.8) is 0 Å². The molecular weight excluding hydrogens is 364 g/mol. The summed E-state index contributed by atoms with van der Waals surface area (Å²) in [5.74, 6) is -2.15. The topological polar surface area (TPSA) is 116 Å². The first-order valence-electron chi connectivity index (χ1n) is 8.46. The summed E-state index contributed by atoms with van der Waals surface area (Å²) < 4.78 is 10.2. The highest BCUT2D eigenvalue weighted by Gasteiger charge is 2.35. The number of nitrogens with two attached hydrogens (primary N) is 1. The van der Waals surface area contributed by atoms with Gasteiger partial charge in [0.25, 0.3) is 17.7 Å². The molecule has 28 heavy (non-hydrogen) atoms. The number of nitrogens with zero attached hydrogens (tertiary/aromatic N) is 1. The number of ether oxygens (including phenoxy) is 2. The molecule has 0 aromatic heterocycles. The number of fused-ring (bicyclic) bond motifs is 1. The van der Waals surface area contributed by atoms with Gasteiger partial charge in [0, 0.05) is 0 Å². The first kappa shape index (κ1) is 19.1. The lowest BCUT2D eigenvalue weighted by Crippen LogP contribution is -2.31. The Balaban J connectivity index is 1.86. The van der Waals surface area contributed by atoms with Crippen molar-refractivity contribution in [2.75, 3.05) is 7.11 Å². The fourth-order valence-electron chi connectivity index (χ4n) is 2.86. The number of benzene rings is 2. The molecule has 1 atom stereocenters. The molecule has 3 rings (SSSR count). The van der Waals surface area contributed by atoms with Crippen LogP contribution >= 0.6 is 0 Å². The number of hydrogen-bond acceptors (Lipinski definition) is 6. The molecule has 0 unspecified atom stereocenters. The third kappa shape index (κ3) is 3.44. The number of carbonyl (C=O) groups excluding carboxylic acids is 4. The number of amides is 3. The van der Waals surface area contributed by atoms with Crippen molar-refractivity contribution in [1.29, 1.82) is 0 Å². The second kappa shape index (κ2) is 7.51. The van der Waals surface area contributed by atoms with Crippen LogP contribution in [0.4, 0.5) is 0 Å². The second-order valence-electron chi connectivity index (χ2n) is 6.23. The zero-order valence-electron chi connectivity index (χ0n) is 15.3. The van der Waals surface area contributed by atoms with E-state index in [0.29, 0.717) is 16.7 Å². The van der Waals surface area contributed by atoms with Crippen molar-refractivity contribution >= 4 is 23.7 Å². The fourth-order valence-corrected chi connectivity index (χ4v) is 2.86. The van der Waals surface area contributed by atoms with Gasteiger partial charge in [0.2, 0.25) is 0 Å². The Morgan fingerprint density at radius 3 is 2.21 bits per heavy atom. The average molecular weight is 382 g/mol. The second-order valence-corrected chi connectivity index (χ2v) is 6.23. The average Bonchev–Trinajstić information content (AvgIpc) is 2.93. The summed E-state index contributed by atoms with van der Waals surface area (Å²) in [5, 5.41) is 0. The van der Waals surface area contributed by atoms with Gasteiger partial charge in [-0.1, -0.05) is 18.2 Å². The van der Waals surface area contributed by atoms with Crippen molar-refractivity contribution in [3.05, 3.63) is 64.7 Å². The van der Waals surface area contributed by atoms with Crippen molar-refractivity contribution in [2.45, 2.75) is 19.6 Å². The van der Waals surface area contributed by atoms with E-state index in [1.54, 1.807) is 30.3 Å². The number of rotatable bonds is 6. The summed E-state index contributed by atoms with van der Waals surface area (Å²) >= 11 is 0.